The second-order valence-corrected chi connectivity index (χ2v) is 3.43. The van der Waals surface area contributed by atoms with E-state index in [2.05, 4.69) is 5.32 Å². The molecule has 4 heteroatoms. The Balaban J connectivity index is 2.53. The molecule has 0 aliphatic heterocycles. The molecule has 0 spiro atoms. The number of primary amides is 1. The van der Waals surface area contributed by atoms with Crippen molar-refractivity contribution in [2.45, 2.75) is 6.92 Å². The van der Waals surface area contributed by atoms with E-state index in [0.717, 1.165) is 11.1 Å². The summed E-state index contributed by atoms with van der Waals surface area (Å²) in [6, 6.07) is 7.74. The molecule has 3 N–H and O–H groups in total. The highest BCUT2D eigenvalue weighted by molar-refractivity contribution is 5.94. The molecule has 0 bridgehead atoms. The van der Waals surface area contributed by atoms with Crippen molar-refractivity contribution in [3.63, 3.8) is 0 Å². The number of aryl methyl sites for hydroxylation is 1. The lowest BCUT2D eigenvalue weighted by atomic mass is 10.1. The van der Waals surface area contributed by atoms with Gasteiger partial charge in [0.25, 0.3) is 0 Å². The first-order valence-corrected chi connectivity index (χ1v) is 4.89. The summed E-state index contributed by atoms with van der Waals surface area (Å²) < 4.78 is 0. The van der Waals surface area contributed by atoms with Gasteiger partial charge in [0.2, 0.25) is 11.8 Å². The maximum atomic E-state index is 11.2. The summed E-state index contributed by atoms with van der Waals surface area (Å²) in [5.74, 6) is -0.891. The van der Waals surface area contributed by atoms with Crippen LogP contribution in [0.2, 0.25) is 0 Å². The molecule has 0 aliphatic rings. The fraction of sp³-hybridized carbons (Fsp3) is 0.167. The van der Waals surface area contributed by atoms with Crippen molar-refractivity contribution in [2.75, 3.05) is 6.54 Å². The first-order valence-electron chi connectivity index (χ1n) is 4.89. The maximum Gasteiger partial charge on any atom is 0.244 e. The van der Waals surface area contributed by atoms with Crippen LogP contribution in [-0.2, 0) is 9.59 Å². The van der Waals surface area contributed by atoms with Gasteiger partial charge in [-0.1, -0.05) is 29.8 Å². The lowest BCUT2D eigenvalue weighted by molar-refractivity contribution is -0.122. The minimum absolute atomic E-state index is 0.142. The van der Waals surface area contributed by atoms with E-state index in [1.165, 1.54) is 6.08 Å². The number of nitrogens with two attached hydrogens (primary N) is 1. The second-order valence-electron chi connectivity index (χ2n) is 3.43. The van der Waals surface area contributed by atoms with Crippen LogP contribution < -0.4 is 11.1 Å². The average molecular weight is 218 g/mol. The van der Waals surface area contributed by atoms with E-state index in [1.54, 1.807) is 6.08 Å². The lowest BCUT2D eigenvalue weighted by Crippen LogP contribution is -2.32. The third kappa shape index (κ3) is 4.41. The van der Waals surface area contributed by atoms with E-state index >= 15 is 0 Å². The summed E-state index contributed by atoms with van der Waals surface area (Å²) in [6.45, 7) is 1.83. The second kappa shape index (κ2) is 5.70. The normalized spacial score (nSPS) is 10.3. The van der Waals surface area contributed by atoms with Crippen molar-refractivity contribution in [2.24, 2.45) is 5.73 Å². The fourth-order valence-electron chi connectivity index (χ4n) is 1.18. The number of nitrogens with one attached hydrogen (secondary N) is 1. The molecule has 4 nitrogen and oxygen atoms in total. The SMILES string of the molecule is Cc1cccc(C=CC(=O)NCC(N)=O)c1. The van der Waals surface area contributed by atoms with Gasteiger partial charge in [-0.3, -0.25) is 9.59 Å². The monoisotopic (exact) mass is 218 g/mol. The summed E-state index contributed by atoms with van der Waals surface area (Å²) in [6.07, 6.45) is 3.06. The third-order valence-corrected chi connectivity index (χ3v) is 1.91. The van der Waals surface area contributed by atoms with Crippen molar-refractivity contribution >= 4 is 17.9 Å². The van der Waals surface area contributed by atoms with Gasteiger partial charge in [0.1, 0.15) is 0 Å². The largest absolute Gasteiger partial charge is 0.368 e. The summed E-state index contributed by atoms with van der Waals surface area (Å²) in [5, 5.41) is 2.37. The molecule has 1 aromatic carbocycles. The van der Waals surface area contributed by atoms with E-state index in [-0.39, 0.29) is 12.5 Å². The van der Waals surface area contributed by atoms with Crippen LogP contribution in [0.5, 0.6) is 0 Å². The van der Waals surface area contributed by atoms with Crippen molar-refractivity contribution < 1.29 is 9.59 Å². The summed E-state index contributed by atoms with van der Waals surface area (Å²) in [4.78, 5) is 21.6. The zero-order chi connectivity index (χ0) is 12.0. The number of hydrogen-bond donors (Lipinski definition) is 2. The predicted molar refractivity (Wildman–Crippen MR) is 62.4 cm³/mol. The van der Waals surface area contributed by atoms with Gasteiger partial charge in [0.15, 0.2) is 0 Å². The van der Waals surface area contributed by atoms with Gasteiger partial charge in [-0.05, 0) is 18.6 Å². The quantitative estimate of drug-likeness (QED) is 0.727. The third-order valence-electron chi connectivity index (χ3n) is 1.91. The molecule has 0 atom stereocenters. The van der Waals surface area contributed by atoms with Gasteiger partial charge in [0, 0.05) is 6.08 Å². The van der Waals surface area contributed by atoms with Gasteiger partial charge < -0.3 is 11.1 Å². The minimum Gasteiger partial charge on any atom is -0.368 e. The van der Waals surface area contributed by atoms with E-state index in [4.69, 9.17) is 5.73 Å². The molecule has 1 aromatic rings. The lowest BCUT2D eigenvalue weighted by Gasteiger charge is -1.98. The standard InChI is InChI=1S/C12H14N2O2/c1-9-3-2-4-10(7-9)5-6-12(16)14-8-11(13)15/h2-7H,8H2,1H3,(H2,13,15)(H,14,16). The molecule has 0 aliphatic carbocycles. The van der Waals surface area contributed by atoms with Gasteiger partial charge in [-0.25, -0.2) is 0 Å². The van der Waals surface area contributed by atoms with Crippen molar-refractivity contribution in [3.05, 3.63) is 41.5 Å². The summed E-state index contributed by atoms with van der Waals surface area (Å²) in [5.41, 5.74) is 6.95. The highest BCUT2D eigenvalue weighted by Gasteiger charge is 1.97. The molecule has 84 valence electrons. The zero-order valence-corrected chi connectivity index (χ0v) is 9.07. The first-order chi connectivity index (χ1) is 7.58. The molecule has 0 fully saturated rings. The average Bonchev–Trinajstić information content (AvgIpc) is 2.23. The van der Waals surface area contributed by atoms with E-state index in [1.807, 2.05) is 31.2 Å². The van der Waals surface area contributed by atoms with Crippen LogP contribution >= 0.6 is 0 Å². The molecule has 0 saturated heterocycles. The topological polar surface area (TPSA) is 72.2 Å². The first kappa shape index (κ1) is 12.0. The smallest absolute Gasteiger partial charge is 0.244 e. The molecule has 0 radical (unpaired) electrons. The molecular weight excluding hydrogens is 204 g/mol. The molecular formula is C12H14N2O2. The molecule has 0 aromatic heterocycles. The Morgan fingerprint density at radius 2 is 2.19 bits per heavy atom. The number of hydrogen-bond acceptors (Lipinski definition) is 2. The van der Waals surface area contributed by atoms with E-state index in [0.29, 0.717) is 0 Å². The molecule has 16 heavy (non-hydrogen) atoms. The number of carbonyl (C=O) groups excluding carboxylic acids is 2. The summed E-state index contributed by atoms with van der Waals surface area (Å²) in [7, 11) is 0. The highest BCUT2D eigenvalue weighted by Crippen LogP contribution is 2.05. The molecule has 2 amide bonds. The van der Waals surface area contributed by atoms with Gasteiger partial charge in [-0.15, -0.1) is 0 Å². The van der Waals surface area contributed by atoms with Crippen molar-refractivity contribution in [3.8, 4) is 0 Å². The van der Waals surface area contributed by atoms with Crippen LogP contribution in [-0.4, -0.2) is 18.4 Å². The Morgan fingerprint density at radius 1 is 1.44 bits per heavy atom. The van der Waals surface area contributed by atoms with Crippen molar-refractivity contribution in [1.29, 1.82) is 0 Å². The van der Waals surface area contributed by atoms with E-state index in [9.17, 15) is 9.59 Å². The van der Waals surface area contributed by atoms with Gasteiger partial charge >= 0.3 is 0 Å². The fourth-order valence-corrected chi connectivity index (χ4v) is 1.18. The molecule has 0 saturated carbocycles. The number of rotatable bonds is 4. The maximum absolute atomic E-state index is 11.2. The van der Waals surface area contributed by atoms with Gasteiger partial charge in [0.05, 0.1) is 6.54 Å². The summed E-state index contributed by atoms with van der Waals surface area (Å²) >= 11 is 0. The predicted octanol–water partition coefficient (Wildman–Crippen LogP) is 0.610. The van der Waals surface area contributed by atoms with Crippen LogP contribution in [0.3, 0.4) is 0 Å². The van der Waals surface area contributed by atoms with Crippen LogP contribution in [0.25, 0.3) is 6.08 Å². The molecule has 0 heterocycles. The van der Waals surface area contributed by atoms with E-state index < -0.39 is 5.91 Å². The Hall–Kier alpha value is -2.10. The Labute approximate surface area is 94.1 Å². The van der Waals surface area contributed by atoms with Crippen molar-refractivity contribution in [1.82, 2.24) is 5.32 Å². The van der Waals surface area contributed by atoms with Crippen LogP contribution in [0.15, 0.2) is 30.3 Å². The highest BCUT2D eigenvalue weighted by atomic mass is 16.2. The molecule has 0 unspecified atom stereocenters. The van der Waals surface area contributed by atoms with Gasteiger partial charge in [-0.2, -0.15) is 0 Å². The molecule has 1 rings (SSSR count). The number of amides is 2. The van der Waals surface area contributed by atoms with Crippen LogP contribution in [0.4, 0.5) is 0 Å². The Bertz CT molecular complexity index is 425. The zero-order valence-electron chi connectivity index (χ0n) is 9.07. The number of carbonyl (C=O) groups is 2. The minimum atomic E-state index is -0.558. The van der Waals surface area contributed by atoms with Crippen LogP contribution in [0.1, 0.15) is 11.1 Å². The van der Waals surface area contributed by atoms with Crippen LogP contribution in [0, 0.1) is 6.92 Å². The Morgan fingerprint density at radius 3 is 2.81 bits per heavy atom. The Kier molecular flexibility index (Phi) is 4.27. The number of benzene rings is 1.